The van der Waals surface area contributed by atoms with Crippen molar-refractivity contribution in [3.8, 4) is 5.88 Å². The van der Waals surface area contributed by atoms with E-state index in [4.69, 9.17) is 16.3 Å². The van der Waals surface area contributed by atoms with Gasteiger partial charge in [0.1, 0.15) is 22.2 Å². The van der Waals surface area contributed by atoms with Crippen LogP contribution in [0.3, 0.4) is 0 Å². The van der Waals surface area contributed by atoms with Crippen LogP contribution in [0.1, 0.15) is 52.1 Å². The molecule has 1 unspecified atom stereocenters. The molecule has 0 radical (unpaired) electrons. The summed E-state index contributed by atoms with van der Waals surface area (Å²) in [5.74, 6) is -0.202. The summed E-state index contributed by atoms with van der Waals surface area (Å²) >= 11 is 4.93. The van der Waals surface area contributed by atoms with E-state index in [2.05, 4.69) is 14.7 Å². The summed E-state index contributed by atoms with van der Waals surface area (Å²) in [5, 5.41) is 1.86. The van der Waals surface area contributed by atoms with Crippen LogP contribution in [0.4, 0.5) is 4.39 Å². The van der Waals surface area contributed by atoms with Crippen molar-refractivity contribution in [2.75, 3.05) is 13.1 Å². The van der Waals surface area contributed by atoms with Crippen LogP contribution in [0.5, 0.6) is 5.88 Å². The molecule has 2 aromatic rings. The lowest BCUT2D eigenvalue weighted by Gasteiger charge is -2.39. The zero-order chi connectivity index (χ0) is 23.2. The Hall–Kier alpha value is -1.68. The van der Waals surface area contributed by atoms with Gasteiger partial charge in [-0.2, -0.15) is 0 Å². The van der Waals surface area contributed by atoms with Gasteiger partial charge in [-0.1, -0.05) is 18.5 Å². The van der Waals surface area contributed by atoms with Crippen LogP contribution in [-0.4, -0.2) is 55.4 Å². The minimum atomic E-state index is -1.25. The van der Waals surface area contributed by atoms with Gasteiger partial charge in [-0.05, 0) is 45.1 Å². The van der Waals surface area contributed by atoms with Gasteiger partial charge in [-0.25, -0.2) is 14.4 Å². The van der Waals surface area contributed by atoms with E-state index in [1.807, 2.05) is 27.7 Å². The number of ether oxygens (including phenoxy) is 1. The second-order valence-electron chi connectivity index (χ2n) is 9.37. The fourth-order valence-electron chi connectivity index (χ4n) is 3.66. The second kappa shape index (κ2) is 8.93. The highest BCUT2D eigenvalue weighted by Crippen LogP contribution is 2.37. The molecular weight excluding hydrogens is 455 g/mol. The summed E-state index contributed by atoms with van der Waals surface area (Å²) < 4.78 is 34.7. The maximum atomic E-state index is 13.1. The topological polar surface area (TPSA) is 90.4 Å². The van der Waals surface area contributed by atoms with Crippen LogP contribution < -0.4 is 9.46 Å². The monoisotopic (exact) mass is 482 g/mol. The minimum absolute atomic E-state index is 0.136. The summed E-state index contributed by atoms with van der Waals surface area (Å²) in [5.41, 5.74) is 0.866. The Morgan fingerprint density at radius 3 is 2.66 bits per heavy atom. The molecule has 7 nitrogen and oxygen atoms in total. The number of hydrogen-bond donors (Lipinski definition) is 1. The smallest absolute Gasteiger partial charge is 0.228 e. The van der Waals surface area contributed by atoms with E-state index in [1.54, 1.807) is 23.4 Å². The van der Waals surface area contributed by atoms with Crippen LogP contribution in [-0.2, 0) is 16.2 Å². The zero-order valence-corrected chi connectivity index (χ0v) is 20.2. The Labute approximate surface area is 195 Å². The number of pyridine rings is 2. The van der Waals surface area contributed by atoms with Crippen LogP contribution in [0.15, 0.2) is 18.5 Å². The molecule has 0 aromatic carbocycles. The number of rotatable bonds is 7. The molecule has 1 aliphatic heterocycles. The summed E-state index contributed by atoms with van der Waals surface area (Å²) in [6.07, 6.45) is 3.17. The van der Waals surface area contributed by atoms with Crippen molar-refractivity contribution in [3.63, 3.8) is 0 Å². The summed E-state index contributed by atoms with van der Waals surface area (Å²) in [7, 11) is 0. The average molecular weight is 483 g/mol. The third-order valence-electron chi connectivity index (χ3n) is 5.79. The van der Waals surface area contributed by atoms with Crippen molar-refractivity contribution in [1.29, 1.82) is 0 Å². The maximum absolute atomic E-state index is 13.1. The fraction of sp³-hybridized carbons (Fsp3) is 0.591. The lowest BCUT2D eigenvalue weighted by molar-refractivity contribution is -0.141. The number of amides is 1. The second-order valence-corrected chi connectivity index (χ2v) is 11.8. The molecule has 1 aliphatic carbocycles. The number of carbonyl (C=O) groups is 1. The van der Waals surface area contributed by atoms with Gasteiger partial charge in [0.05, 0.1) is 30.4 Å². The summed E-state index contributed by atoms with van der Waals surface area (Å²) in [4.78, 5) is 22.4. The van der Waals surface area contributed by atoms with Crippen molar-refractivity contribution >= 4 is 39.6 Å². The third-order valence-corrected chi connectivity index (χ3v) is 7.61. The standard InChI is InChI=1S/C22H28ClFN4O3S/c1-5-18(27-32(30)22(2,3)4)15-8-26-20(16-9-25-19(23)7-13(15)16)31-12-10-28(11-12)21(29)14-6-17(14)24/h7-9,12,14,17-18,27H,5-6,10-11H2,1-4H3/t14-,17+,18-,32?/m1/s1. The normalized spacial score (nSPS) is 23.0. The van der Waals surface area contributed by atoms with Crippen LogP contribution in [0.25, 0.3) is 10.8 Å². The van der Waals surface area contributed by atoms with Crippen LogP contribution in [0.2, 0.25) is 5.15 Å². The van der Waals surface area contributed by atoms with E-state index in [-0.39, 0.29) is 18.1 Å². The van der Waals surface area contributed by atoms with Gasteiger partial charge >= 0.3 is 0 Å². The number of nitrogens with zero attached hydrogens (tertiary/aromatic N) is 3. The zero-order valence-electron chi connectivity index (χ0n) is 18.6. The number of alkyl halides is 1. The number of hydrogen-bond acceptors (Lipinski definition) is 6. The fourth-order valence-corrected chi connectivity index (χ4v) is 4.72. The Bertz CT molecular complexity index is 1010. The first-order chi connectivity index (χ1) is 15.1. The Kier molecular flexibility index (Phi) is 6.55. The van der Waals surface area contributed by atoms with Crippen molar-refractivity contribution in [2.45, 2.75) is 63.6 Å². The van der Waals surface area contributed by atoms with Gasteiger partial charge in [0, 0.05) is 29.3 Å². The maximum Gasteiger partial charge on any atom is 0.228 e. The highest BCUT2D eigenvalue weighted by Gasteiger charge is 2.48. The summed E-state index contributed by atoms with van der Waals surface area (Å²) in [6.45, 7) is 8.59. The molecule has 2 aromatic heterocycles. The van der Waals surface area contributed by atoms with E-state index in [0.29, 0.717) is 42.4 Å². The molecule has 4 atom stereocenters. The molecule has 10 heteroatoms. The molecule has 1 saturated carbocycles. The Morgan fingerprint density at radius 1 is 1.38 bits per heavy atom. The molecule has 2 fully saturated rings. The number of carbonyl (C=O) groups excluding carboxylic acids is 1. The number of nitrogens with one attached hydrogen (secondary N) is 1. The lowest BCUT2D eigenvalue weighted by atomic mass is 10.0. The lowest BCUT2D eigenvalue weighted by Crippen LogP contribution is -2.56. The predicted molar refractivity (Wildman–Crippen MR) is 123 cm³/mol. The molecule has 1 saturated heterocycles. The number of aromatic nitrogens is 2. The van der Waals surface area contributed by atoms with Crippen LogP contribution in [0, 0.1) is 5.92 Å². The van der Waals surface area contributed by atoms with E-state index in [9.17, 15) is 13.7 Å². The highest BCUT2D eigenvalue weighted by molar-refractivity contribution is 7.90. The number of likely N-dealkylation sites (tertiary alicyclic amines) is 1. The quantitative estimate of drug-likeness (QED) is 0.477. The molecule has 0 spiro atoms. The first-order valence-corrected chi connectivity index (χ1v) is 12.3. The van der Waals surface area contributed by atoms with Crippen molar-refractivity contribution in [3.05, 3.63) is 29.2 Å². The first-order valence-electron chi connectivity index (χ1n) is 10.8. The number of halogens is 2. The van der Waals surface area contributed by atoms with Crippen LogP contribution >= 0.6 is 11.6 Å². The first kappa shape index (κ1) is 23.5. The molecule has 2 aliphatic rings. The van der Waals surface area contributed by atoms with Gasteiger partial charge in [0.2, 0.25) is 11.8 Å². The predicted octanol–water partition coefficient (Wildman–Crippen LogP) is 3.73. The van der Waals surface area contributed by atoms with Gasteiger partial charge in [-0.15, -0.1) is 4.72 Å². The average Bonchev–Trinajstić information content (AvgIpc) is 3.43. The largest absolute Gasteiger partial charge is 0.598 e. The molecule has 32 heavy (non-hydrogen) atoms. The Morgan fingerprint density at radius 2 is 2.06 bits per heavy atom. The molecule has 3 heterocycles. The van der Waals surface area contributed by atoms with Gasteiger partial charge in [0.25, 0.3) is 0 Å². The molecule has 4 rings (SSSR count). The van der Waals surface area contributed by atoms with Gasteiger partial charge in [-0.3, -0.25) is 4.79 Å². The highest BCUT2D eigenvalue weighted by atomic mass is 35.5. The van der Waals surface area contributed by atoms with Gasteiger partial charge < -0.3 is 14.2 Å². The molecule has 174 valence electrons. The van der Waals surface area contributed by atoms with Crippen molar-refractivity contribution in [2.24, 2.45) is 5.92 Å². The molecule has 1 N–H and O–H groups in total. The Balaban J connectivity index is 1.54. The molecular formula is C22H28ClFN4O3S. The molecule has 1 amide bonds. The van der Waals surface area contributed by atoms with E-state index < -0.39 is 28.2 Å². The minimum Gasteiger partial charge on any atom is -0.598 e. The number of fused-ring (bicyclic) bond motifs is 1. The molecule has 0 bridgehead atoms. The SMILES string of the molecule is CC[C@@H](N[S+]([O-])C(C)(C)C)c1cnc(OC2CN(C(=O)[C@@H]3C[C@@H]3F)C2)c2cnc(Cl)cc12. The summed E-state index contributed by atoms with van der Waals surface area (Å²) in [6, 6.07) is 1.57. The third kappa shape index (κ3) is 4.81. The van der Waals surface area contributed by atoms with E-state index >= 15 is 0 Å². The van der Waals surface area contributed by atoms with E-state index in [0.717, 1.165) is 10.9 Å². The van der Waals surface area contributed by atoms with Crippen molar-refractivity contribution in [1.82, 2.24) is 19.6 Å². The van der Waals surface area contributed by atoms with Gasteiger partial charge in [0.15, 0.2) is 0 Å². The van der Waals surface area contributed by atoms with Crippen molar-refractivity contribution < 1.29 is 18.5 Å². The van der Waals surface area contributed by atoms with E-state index in [1.165, 1.54) is 0 Å².